The Labute approximate surface area is 109 Å². The van der Waals surface area contributed by atoms with Gasteiger partial charge in [0.05, 0.1) is 10.7 Å². The lowest BCUT2D eigenvalue weighted by Crippen LogP contribution is -2.14. The van der Waals surface area contributed by atoms with E-state index in [2.05, 4.69) is 36.2 Å². The van der Waals surface area contributed by atoms with Crippen LogP contribution in [0.25, 0.3) is 0 Å². The minimum absolute atomic E-state index is 0.0754. The summed E-state index contributed by atoms with van der Waals surface area (Å²) in [5.74, 6) is -0.614. The third-order valence-corrected chi connectivity index (χ3v) is 2.73. The van der Waals surface area contributed by atoms with Crippen molar-refractivity contribution in [1.82, 2.24) is 10.3 Å². The molecule has 0 spiro atoms. The monoisotopic (exact) mass is 316 g/mol. The Hall–Kier alpha value is -1.60. The van der Waals surface area contributed by atoms with Crippen LogP contribution in [-0.2, 0) is 0 Å². The largest absolute Gasteiger partial charge is 0.379 e. The Kier molecular flexibility index (Phi) is 3.30. The van der Waals surface area contributed by atoms with Crippen LogP contribution in [0.3, 0.4) is 0 Å². The maximum atomic E-state index is 11.7. The molecule has 88 valence electrons. The number of hydrogen-bond donors (Lipinski definition) is 2. The van der Waals surface area contributed by atoms with E-state index in [9.17, 15) is 4.79 Å². The van der Waals surface area contributed by atoms with Crippen molar-refractivity contribution >= 4 is 44.9 Å². The molecule has 1 aromatic heterocycles. The molecular formula is C9H6BrClN4O2. The van der Waals surface area contributed by atoms with Crippen molar-refractivity contribution in [2.24, 2.45) is 0 Å². The van der Waals surface area contributed by atoms with Gasteiger partial charge in [0, 0.05) is 4.47 Å². The summed E-state index contributed by atoms with van der Waals surface area (Å²) < 4.78 is 5.11. The number of rotatable bonds is 2. The number of amides is 1. The minimum Gasteiger partial charge on any atom is -0.379 e. The first-order chi connectivity index (χ1) is 8.08. The van der Waals surface area contributed by atoms with Crippen molar-refractivity contribution in [3.63, 3.8) is 0 Å². The molecule has 1 amide bonds. The lowest BCUT2D eigenvalue weighted by Gasteiger charge is -2.05. The lowest BCUT2D eigenvalue weighted by atomic mass is 10.3. The first kappa shape index (κ1) is 11.9. The Morgan fingerprint density at radius 1 is 1.47 bits per heavy atom. The predicted octanol–water partition coefficient (Wildman–Crippen LogP) is 2.32. The van der Waals surface area contributed by atoms with Crippen LogP contribution in [0.5, 0.6) is 0 Å². The van der Waals surface area contributed by atoms with Gasteiger partial charge in [-0.05, 0) is 28.5 Å². The summed E-state index contributed by atoms with van der Waals surface area (Å²) in [7, 11) is 0. The molecule has 0 saturated carbocycles. The molecule has 0 fully saturated rings. The lowest BCUT2D eigenvalue weighted by molar-refractivity contribution is 0.101. The van der Waals surface area contributed by atoms with Crippen molar-refractivity contribution in [3.8, 4) is 0 Å². The van der Waals surface area contributed by atoms with Gasteiger partial charge in [0.2, 0.25) is 11.5 Å². The van der Waals surface area contributed by atoms with Gasteiger partial charge in [0.1, 0.15) is 0 Å². The van der Waals surface area contributed by atoms with Crippen LogP contribution in [0.2, 0.25) is 5.02 Å². The van der Waals surface area contributed by atoms with Crippen LogP contribution in [0.15, 0.2) is 27.3 Å². The molecule has 0 radical (unpaired) electrons. The Morgan fingerprint density at radius 2 is 2.24 bits per heavy atom. The van der Waals surface area contributed by atoms with Crippen LogP contribution >= 0.6 is 27.5 Å². The van der Waals surface area contributed by atoms with Gasteiger partial charge in [-0.3, -0.25) is 4.79 Å². The van der Waals surface area contributed by atoms with Crippen molar-refractivity contribution in [1.29, 1.82) is 0 Å². The highest BCUT2D eigenvalue weighted by molar-refractivity contribution is 9.10. The molecule has 0 saturated heterocycles. The molecule has 1 aromatic carbocycles. The zero-order valence-corrected chi connectivity index (χ0v) is 10.6. The molecule has 0 aliphatic heterocycles. The average molecular weight is 318 g/mol. The summed E-state index contributed by atoms with van der Waals surface area (Å²) in [5, 5.41) is 9.64. The average Bonchev–Trinajstić information content (AvgIpc) is 2.70. The summed E-state index contributed by atoms with van der Waals surface area (Å²) in [6, 6.07) is 5.06. The number of nitrogens with zero attached hydrogens (tertiary/aromatic N) is 2. The first-order valence-electron chi connectivity index (χ1n) is 4.42. The Bertz CT molecular complexity index is 572. The highest BCUT2D eigenvalue weighted by atomic mass is 79.9. The number of nitrogen functional groups attached to an aromatic ring is 1. The number of aromatic nitrogens is 2. The van der Waals surface area contributed by atoms with E-state index in [1.54, 1.807) is 18.2 Å². The van der Waals surface area contributed by atoms with E-state index in [1.807, 2.05) is 0 Å². The van der Waals surface area contributed by atoms with Gasteiger partial charge in [-0.1, -0.05) is 27.5 Å². The van der Waals surface area contributed by atoms with Gasteiger partial charge < -0.3 is 11.1 Å². The third-order valence-electron chi connectivity index (χ3n) is 1.91. The Balaban J connectivity index is 2.24. The summed E-state index contributed by atoms with van der Waals surface area (Å²) >= 11 is 9.18. The third kappa shape index (κ3) is 2.56. The molecular weight excluding hydrogens is 311 g/mol. The molecule has 0 aliphatic carbocycles. The molecule has 0 aliphatic rings. The van der Waals surface area contributed by atoms with E-state index in [1.165, 1.54) is 0 Å². The van der Waals surface area contributed by atoms with Crippen molar-refractivity contribution < 1.29 is 9.42 Å². The number of nitrogens with one attached hydrogen (secondary N) is 1. The van der Waals surface area contributed by atoms with Gasteiger partial charge >= 0.3 is 0 Å². The molecule has 1 heterocycles. The van der Waals surface area contributed by atoms with Crippen LogP contribution < -0.4 is 11.1 Å². The fourth-order valence-corrected chi connectivity index (χ4v) is 1.65. The number of benzene rings is 1. The molecule has 17 heavy (non-hydrogen) atoms. The van der Waals surface area contributed by atoms with Gasteiger partial charge in [0.15, 0.2) is 0 Å². The van der Waals surface area contributed by atoms with Gasteiger partial charge in [0.25, 0.3) is 5.91 Å². The number of carbonyl (C=O) groups excluding carboxylic acids is 1. The van der Waals surface area contributed by atoms with Crippen LogP contribution in [0.1, 0.15) is 10.5 Å². The van der Waals surface area contributed by atoms with E-state index in [0.29, 0.717) is 10.7 Å². The van der Waals surface area contributed by atoms with Gasteiger partial charge in [-0.2, -0.15) is 0 Å². The molecule has 3 N–H and O–H groups in total. The summed E-state index contributed by atoms with van der Waals surface area (Å²) in [6.45, 7) is 0. The standard InChI is InChI=1S/C9H6BrClN4O2/c10-4-1-2-5(11)6(3-4)13-9(16)7-8(12)15-17-14-7/h1-3H,(H2,12,15)(H,13,16). The topological polar surface area (TPSA) is 94.0 Å². The maximum absolute atomic E-state index is 11.7. The van der Waals surface area contributed by atoms with Crippen molar-refractivity contribution in [2.45, 2.75) is 0 Å². The SMILES string of the molecule is Nc1nonc1C(=O)Nc1cc(Br)ccc1Cl. The number of nitrogens with two attached hydrogens (primary N) is 1. The second-order valence-corrected chi connectivity index (χ2v) is 4.40. The summed E-state index contributed by atoms with van der Waals surface area (Å²) in [5.41, 5.74) is 5.75. The molecule has 6 nitrogen and oxygen atoms in total. The molecule has 0 unspecified atom stereocenters. The number of carbonyl (C=O) groups is 1. The van der Waals surface area contributed by atoms with E-state index < -0.39 is 5.91 Å². The summed E-state index contributed by atoms with van der Waals surface area (Å²) in [6.07, 6.45) is 0. The molecule has 8 heteroatoms. The van der Waals surface area contributed by atoms with Crippen LogP contribution in [-0.4, -0.2) is 16.2 Å². The highest BCUT2D eigenvalue weighted by Crippen LogP contribution is 2.26. The van der Waals surface area contributed by atoms with E-state index in [4.69, 9.17) is 17.3 Å². The fourth-order valence-electron chi connectivity index (χ4n) is 1.13. The smallest absolute Gasteiger partial charge is 0.281 e. The minimum atomic E-state index is -0.538. The molecule has 0 atom stereocenters. The molecule has 0 bridgehead atoms. The highest BCUT2D eigenvalue weighted by Gasteiger charge is 2.17. The number of anilines is 2. The van der Waals surface area contributed by atoms with Gasteiger partial charge in [-0.25, -0.2) is 4.63 Å². The zero-order valence-electron chi connectivity index (χ0n) is 8.28. The van der Waals surface area contributed by atoms with E-state index >= 15 is 0 Å². The Morgan fingerprint density at radius 3 is 2.88 bits per heavy atom. The second kappa shape index (κ2) is 4.72. The predicted molar refractivity (Wildman–Crippen MR) is 65.8 cm³/mol. The normalized spacial score (nSPS) is 10.2. The summed E-state index contributed by atoms with van der Waals surface area (Å²) in [4.78, 5) is 11.7. The van der Waals surface area contributed by atoms with E-state index in [0.717, 1.165) is 4.47 Å². The molecule has 2 rings (SSSR count). The zero-order chi connectivity index (χ0) is 12.4. The van der Waals surface area contributed by atoms with E-state index in [-0.39, 0.29) is 11.5 Å². The molecule has 2 aromatic rings. The fraction of sp³-hybridized carbons (Fsp3) is 0. The van der Waals surface area contributed by atoms with Crippen molar-refractivity contribution in [3.05, 3.63) is 33.4 Å². The number of hydrogen-bond acceptors (Lipinski definition) is 5. The quantitative estimate of drug-likeness (QED) is 0.886. The van der Waals surface area contributed by atoms with Crippen LogP contribution in [0.4, 0.5) is 11.5 Å². The second-order valence-electron chi connectivity index (χ2n) is 3.08. The first-order valence-corrected chi connectivity index (χ1v) is 5.59. The van der Waals surface area contributed by atoms with Gasteiger partial charge in [-0.15, -0.1) is 0 Å². The van der Waals surface area contributed by atoms with Crippen LogP contribution in [0, 0.1) is 0 Å². The number of halogens is 2. The maximum Gasteiger partial charge on any atom is 0.281 e. The van der Waals surface area contributed by atoms with Crippen molar-refractivity contribution in [2.75, 3.05) is 11.1 Å².